The Morgan fingerprint density at radius 3 is 2.46 bits per heavy atom. The lowest BCUT2D eigenvalue weighted by Crippen LogP contribution is -2.65. The van der Waals surface area contributed by atoms with Crippen LogP contribution in [0.4, 0.5) is 0 Å². The number of fused-ring (bicyclic) bond motifs is 1. The number of nitrogens with zero attached hydrogens (tertiary/aromatic N) is 1. The molecule has 2 aliphatic rings. The summed E-state index contributed by atoms with van der Waals surface area (Å²) in [7, 11) is 1.44. The van der Waals surface area contributed by atoms with Crippen LogP contribution in [0.1, 0.15) is 27.7 Å². The summed E-state index contributed by atoms with van der Waals surface area (Å²) in [5.74, 6) is -1.47. The summed E-state index contributed by atoms with van der Waals surface area (Å²) >= 11 is 1.30. The Balaban J connectivity index is 2.42. The van der Waals surface area contributed by atoms with Gasteiger partial charge in [-0.05, 0) is 20.8 Å². The van der Waals surface area contributed by atoms with Gasteiger partial charge in [-0.1, -0.05) is 18.3 Å². The van der Waals surface area contributed by atoms with Crippen molar-refractivity contribution >= 4 is 29.6 Å². The van der Waals surface area contributed by atoms with E-state index in [1.807, 2.05) is 0 Å². The number of hydrogen-bond acceptors (Lipinski definition) is 7. The second kappa shape index (κ2) is 6.60. The molecule has 0 radical (unpaired) electrons. The fourth-order valence-electron chi connectivity index (χ4n) is 2.37. The average molecular weight is 355 g/mol. The van der Waals surface area contributed by atoms with Crippen molar-refractivity contribution in [2.24, 2.45) is 0 Å². The maximum atomic E-state index is 12.6. The first-order valence-corrected chi connectivity index (χ1v) is 8.26. The fourth-order valence-corrected chi connectivity index (χ4v) is 3.63. The summed E-state index contributed by atoms with van der Waals surface area (Å²) in [6, 6.07) is 0. The predicted molar refractivity (Wildman–Crippen MR) is 87.7 cm³/mol. The number of methoxy groups -OCH3 is 1. The minimum Gasteiger partial charge on any atom is -0.461 e. The molecule has 24 heavy (non-hydrogen) atoms. The van der Waals surface area contributed by atoms with E-state index in [-0.39, 0.29) is 23.6 Å². The highest BCUT2D eigenvalue weighted by molar-refractivity contribution is 8.04. The zero-order chi connectivity index (χ0) is 18.2. The number of hydrogen-bond donors (Lipinski definition) is 0. The number of amides is 1. The summed E-state index contributed by atoms with van der Waals surface area (Å²) in [5, 5.41) is -0.376. The number of carbonyl (C=O) groups is 3. The molecule has 0 aromatic rings. The lowest BCUT2D eigenvalue weighted by Gasteiger charge is -2.49. The quantitative estimate of drug-likeness (QED) is 0.559. The lowest BCUT2D eigenvalue weighted by molar-refractivity contribution is -0.166. The number of rotatable bonds is 4. The van der Waals surface area contributed by atoms with Crippen LogP contribution in [-0.2, 0) is 28.6 Å². The third kappa shape index (κ3) is 3.49. The molecule has 0 saturated carbocycles. The monoisotopic (exact) mass is 355 g/mol. The van der Waals surface area contributed by atoms with Gasteiger partial charge in [0.2, 0.25) is 0 Å². The van der Waals surface area contributed by atoms with Crippen molar-refractivity contribution in [1.29, 1.82) is 0 Å². The van der Waals surface area contributed by atoms with Crippen molar-refractivity contribution in [3.8, 4) is 0 Å². The molecule has 2 rings (SSSR count). The molecule has 0 aliphatic carbocycles. The molecule has 0 N–H and O–H groups in total. The Kier molecular flexibility index (Phi) is 5.10. The second-order valence-electron chi connectivity index (χ2n) is 6.41. The molecule has 2 atom stereocenters. The normalized spacial score (nSPS) is 23.6. The second-order valence-corrected chi connectivity index (χ2v) is 7.62. The topological polar surface area (TPSA) is 82.1 Å². The van der Waals surface area contributed by atoms with E-state index in [4.69, 9.17) is 14.2 Å². The van der Waals surface area contributed by atoms with E-state index in [0.717, 1.165) is 0 Å². The highest BCUT2D eigenvalue weighted by atomic mass is 32.2. The first-order chi connectivity index (χ1) is 11.1. The van der Waals surface area contributed by atoms with Crippen LogP contribution in [0.3, 0.4) is 0 Å². The minimum atomic E-state index is -0.730. The molecule has 0 aromatic heterocycles. The highest BCUT2D eigenvalue weighted by Crippen LogP contribution is 2.47. The van der Waals surface area contributed by atoms with Crippen LogP contribution in [0.25, 0.3) is 0 Å². The van der Waals surface area contributed by atoms with Gasteiger partial charge in [0, 0.05) is 24.5 Å². The van der Waals surface area contributed by atoms with Gasteiger partial charge in [-0.15, -0.1) is 0 Å². The van der Waals surface area contributed by atoms with E-state index < -0.39 is 23.6 Å². The molecule has 132 valence electrons. The van der Waals surface area contributed by atoms with Gasteiger partial charge in [-0.25, -0.2) is 4.79 Å². The zero-order valence-corrected chi connectivity index (χ0v) is 15.2. The molecule has 0 aromatic carbocycles. The van der Waals surface area contributed by atoms with Gasteiger partial charge >= 0.3 is 11.9 Å². The molecule has 1 fully saturated rings. The first kappa shape index (κ1) is 18.5. The summed E-state index contributed by atoms with van der Waals surface area (Å²) in [6.45, 7) is 10.2. The van der Waals surface area contributed by atoms with Gasteiger partial charge in [-0.2, -0.15) is 0 Å². The van der Waals surface area contributed by atoms with Crippen LogP contribution in [0.5, 0.6) is 0 Å². The van der Waals surface area contributed by atoms with Crippen molar-refractivity contribution < 1.29 is 28.6 Å². The molecular weight excluding hydrogens is 334 g/mol. The Hall–Kier alpha value is -1.80. The Morgan fingerprint density at radius 2 is 1.96 bits per heavy atom. The van der Waals surface area contributed by atoms with E-state index in [9.17, 15) is 14.4 Å². The number of thioether (sulfide) groups is 1. The summed E-state index contributed by atoms with van der Waals surface area (Å²) in [6.07, 6.45) is -0.639. The van der Waals surface area contributed by atoms with E-state index >= 15 is 0 Å². The summed E-state index contributed by atoms with van der Waals surface area (Å²) < 4.78 is 15.6. The first-order valence-electron chi connectivity index (χ1n) is 7.38. The molecule has 2 aliphatic heterocycles. The van der Waals surface area contributed by atoms with Crippen LogP contribution in [-0.4, -0.2) is 53.5 Å². The maximum absolute atomic E-state index is 12.6. The van der Waals surface area contributed by atoms with Gasteiger partial charge in [0.05, 0.1) is 0 Å². The van der Waals surface area contributed by atoms with E-state index in [2.05, 4.69) is 6.58 Å². The number of ether oxygens (including phenoxy) is 3. The third-order valence-corrected chi connectivity index (χ3v) is 4.62. The van der Waals surface area contributed by atoms with E-state index in [1.165, 1.54) is 30.7 Å². The van der Waals surface area contributed by atoms with Gasteiger partial charge in [0.15, 0.2) is 6.10 Å². The predicted octanol–water partition coefficient (Wildman–Crippen LogP) is 1.59. The average Bonchev–Trinajstić information content (AvgIpc) is 2.43. The van der Waals surface area contributed by atoms with Crippen molar-refractivity contribution in [2.45, 2.75) is 44.8 Å². The molecule has 1 saturated heterocycles. The Morgan fingerprint density at radius 1 is 1.33 bits per heavy atom. The zero-order valence-electron chi connectivity index (χ0n) is 14.4. The van der Waals surface area contributed by atoms with Crippen LogP contribution in [0.15, 0.2) is 22.8 Å². The number of esters is 2. The van der Waals surface area contributed by atoms with Crippen molar-refractivity contribution in [1.82, 2.24) is 4.90 Å². The maximum Gasteiger partial charge on any atom is 0.356 e. The number of carbonyl (C=O) groups excluding carboxylic acids is 3. The largest absolute Gasteiger partial charge is 0.461 e. The third-order valence-electron chi connectivity index (χ3n) is 3.39. The molecule has 2 heterocycles. The van der Waals surface area contributed by atoms with Crippen molar-refractivity contribution in [2.75, 3.05) is 13.7 Å². The van der Waals surface area contributed by atoms with Gasteiger partial charge in [0.1, 0.15) is 23.3 Å². The van der Waals surface area contributed by atoms with Gasteiger partial charge in [-0.3, -0.25) is 14.5 Å². The fraction of sp³-hybridized carbons (Fsp3) is 0.562. The smallest absolute Gasteiger partial charge is 0.356 e. The minimum absolute atomic E-state index is 0.0678. The molecule has 0 bridgehead atoms. The van der Waals surface area contributed by atoms with Gasteiger partial charge < -0.3 is 14.2 Å². The molecule has 1 amide bonds. The van der Waals surface area contributed by atoms with Crippen LogP contribution in [0.2, 0.25) is 0 Å². The summed E-state index contributed by atoms with van der Waals surface area (Å²) in [4.78, 5) is 38.0. The molecule has 8 heteroatoms. The van der Waals surface area contributed by atoms with Crippen molar-refractivity contribution in [3.05, 3.63) is 22.8 Å². The molecular formula is C16H21NO6S. The molecule has 1 unspecified atom stereocenters. The van der Waals surface area contributed by atoms with E-state index in [0.29, 0.717) is 10.5 Å². The SMILES string of the molecule is C=C1SC2[C@@H](OC)C(=O)N2C(C(=O)OC(C)(C)C)=C1COC(C)=O. The lowest BCUT2D eigenvalue weighted by atomic mass is 10.0. The van der Waals surface area contributed by atoms with Crippen molar-refractivity contribution in [3.63, 3.8) is 0 Å². The standard InChI is InChI=1S/C16H21NO6S/c1-8-10(7-22-9(2)18)11(15(20)23-16(3,4)5)17-13(19)12(21-6)14(17)24-8/h12,14H,1,7H2,2-6H3/t12-,14?/m0/s1. The van der Waals surface area contributed by atoms with E-state index in [1.54, 1.807) is 20.8 Å². The molecule has 7 nitrogen and oxygen atoms in total. The highest BCUT2D eigenvalue weighted by Gasteiger charge is 2.55. The Bertz CT molecular complexity index is 633. The van der Waals surface area contributed by atoms with Crippen LogP contribution < -0.4 is 0 Å². The van der Waals surface area contributed by atoms with Gasteiger partial charge in [0.25, 0.3) is 5.91 Å². The summed E-state index contributed by atoms with van der Waals surface area (Å²) in [5.41, 5.74) is -0.283. The van der Waals surface area contributed by atoms with Crippen LogP contribution >= 0.6 is 11.8 Å². The van der Waals surface area contributed by atoms with Crippen LogP contribution in [0, 0.1) is 0 Å². The molecule has 0 spiro atoms. The number of β-lactam (4-membered cyclic amide) rings is 1. The Labute approximate surface area is 145 Å².